The van der Waals surface area contributed by atoms with Crippen molar-refractivity contribution in [3.05, 3.63) is 70.9 Å². The number of imide groups is 1. The highest BCUT2D eigenvalue weighted by Gasteiger charge is 2.39. The van der Waals surface area contributed by atoms with E-state index in [0.29, 0.717) is 24.6 Å². The minimum Gasteiger partial charge on any atom is -0.489 e. The Kier molecular flexibility index (Phi) is 5.91. The number of nitrogens with one attached hydrogen (secondary N) is 1. The van der Waals surface area contributed by atoms with Crippen LogP contribution in [0.25, 0.3) is 10.9 Å². The van der Waals surface area contributed by atoms with E-state index in [4.69, 9.17) is 4.74 Å². The maximum absolute atomic E-state index is 12.9. The van der Waals surface area contributed by atoms with Crippen molar-refractivity contribution in [1.82, 2.24) is 20.1 Å². The fourth-order valence-electron chi connectivity index (χ4n) is 5.78. The molecule has 6 rings (SSSR count). The molecule has 3 aromatic rings. The molecule has 0 spiro atoms. The van der Waals surface area contributed by atoms with Crippen LogP contribution in [0.2, 0.25) is 0 Å². The molecule has 8 nitrogen and oxygen atoms in total. The first-order chi connectivity index (χ1) is 17.8. The van der Waals surface area contributed by atoms with Crippen LogP contribution in [0.3, 0.4) is 0 Å². The minimum absolute atomic E-state index is 0.0566. The number of rotatable bonds is 5. The molecule has 8 heteroatoms. The smallest absolute Gasteiger partial charge is 0.255 e. The third-order valence-electron chi connectivity index (χ3n) is 7.74. The molecule has 3 aliphatic heterocycles. The molecule has 3 amide bonds. The number of aromatic nitrogens is 1. The van der Waals surface area contributed by atoms with E-state index in [1.54, 1.807) is 11.0 Å². The summed E-state index contributed by atoms with van der Waals surface area (Å²) in [6, 6.07) is 16.0. The summed E-state index contributed by atoms with van der Waals surface area (Å²) in [7, 11) is 0. The Labute approximate surface area is 215 Å². The van der Waals surface area contributed by atoms with Crippen LogP contribution in [-0.2, 0) is 22.7 Å². The number of pyridine rings is 1. The highest BCUT2D eigenvalue weighted by atomic mass is 16.5. The van der Waals surface area contributed by atoms with Crippen LogP contribution in [0.15, 0.2) is 48.5 Å². The number of aryl methyl sites for hydroxylation is 1. The molecule has 2 fully saturated rings. The topological polar surface area (TPSA) is 91.8 Å². The number of hydrogen-bond acceptors (Lipinski definition) is 6. The van der Waals surface area contributed by atoms with Gasteiger partial charge in [-0.3, -0.25) is 29.6 Å². The maximum Gasteiger partial charge on any atom is 0.255 e. The van der Waals surface area contributed by atoms with Gasteiger partial charge < -0.3 is 9.64 Å². The first-order valence-electron chi connectivity index (χ1n) is 12.9. The van der Waals surface area contributed by atoms with Gasteiger partial charge in [-0.15, -0.1) is 0 Å². The SMILES string of the molecule is Cc1ccc2cc(CN3C[C@@H](Oc4ccc5c(c4)CN(C4CCC(=O)NC4=O)C5=O)C[C@H]3C)ccc2n1. The quantitative estimate of drug-likeness (QED) is 0.543. The van der Waals surface area contributed by atoms with Crippen molar-refractivity contribution in [1.29, 1.82) is 0 Å². The molecule has 1 N–H and O–H groups in total. The summed E-state index contributed by atoms with van der Waals surface area (Å²) in [5.41, 5.74) is 4.75. The van der Waals surface area contributed by atoms with Gasteiger partial charge in [-0.1, -0.05) is 12.1 Å². The summed E-state index contributed by atoms with van der Waals surface area (Å²) in [5.74, 6) is -0.110. The van der Waals surface area contributed by atoms with Gasteiger partial charge in [0.2, 0.25) is 11.8 Å². The van der Waals surface area contributed by atoms with Crippen molar-refractivity contribution in [3.8, 4) is 5.75 Å². The molecule has 2 aromatic carbocycles. The van der Waals surface area contributed by atoms with Crippen LogP contribution in [0.5, 0.6) is 5.75 Å². The number of nitrogens with zero attached hydrogens (tertiary/aromatic N) is 3. The summed E-state index contributed by atoms with van der Waals surface area (Å²) < 4.78 is 6.37. The Bertz CT molecular complexity index is 1420. The van der Waals surface area contributed by atoms with Crippen molar-refractivity contribution >= 4 is 28.6 Å². The second-order valence-corrected chi connectivity index (χ2v) is 10.5. The van der Waals surface area contributed by atoms with Crippen molar-refractivity contribution in [2.75, 3.05) is 6.54 Å². The lowest BCUT2D eigenvalue weighted by atomic mass is 10.0. The molecular formula is C29H30N4O4. The molecule has 2 saturated heterocycles. The van der Waals surface area contributed by atoms with E-state index < -0.39 is 11.9 Å². The van der Waals surface area contributed by atoms with Crippen molar-refractivity contribution in [3.63, 3.8) is 0 Å². The Balaban J connectivity index is 1.10. The summed E-state index contributed by atoms with van der Waals surface area (Å²) in [6.07, 6.45) is 1.59. The molecule has 1 aromatic heterocycles. The predicted molar refractivity (Wildman–Crippen MR) is 138 cm³/mol. The molecule has 0 radical (unpaired) electrons. The highest BCUT2D eigenvalue weighted by molar-refractivity contribution is 6.05. The highest BCUT2D eigenvalue weighted by Crippen LogP contribution is 2.32. The molecular weight excluding hydrogens is 468 g/mol. The first-order valence-corrected chi connectivity index (χ1v) is 12.9. The van der Waals surface area contributed by atoms with E-state index in [-0.39, 0.29) is 24.3 Å². The van der Waals surface area contributed by atoms with E-state index in [1.165, 1.54) is 5.56 Å². The number of ether oxygens (including phenoxy) is 1. The van der Waals surface area contributed by atoms with Crippen LogP contribution < -0.4 is 10.1 Å². The van der Waals surface area contributed by atoms with E-state index in [2.05, 4.69) is 46.4 Å². The molecule has 0 aliphatic carbocycles. The molecule has 0 bridgehead atoms. The summed E-state index contributed by atoms with van der Waals surface area (Å²) >= 11 is 0. The average molecular weight is 499 g/mol. The lowest BCUT2D eigenvalue weighted by Gasteiger charge is -2.29. The summed E-state index contributed by atoms with van der Waals surface area (Å²) in [5, 5.41) is 3.50. The van der Waals surface area contributed by atoms with Gasteiger partial charge in [-0.05, 0) is 67.8 Å². The lowest BCUT2D eigenvalue weighted by Crippen LogP contribution is -2.52. The minimum atomic E-state index is -0.610. The van der Waals surface area contributed by atoms with Gasteiger partial charge in [0.1, 0.15) is 17.9 Å². The van der Waals surface area contributed by atoms with E-state index >= 15 is 0 Å². The second kappa shape index (κ2) is 9.27. The van der Waals surface area contributed by atoms with Crippen LogP contribution in [-0.4, -0.2) is 57.2 Å². The molecule has 1 unspecified atom stereocenters. The number of carbonyl (C=O) groups excluding carboxylic acids is 3. The summed E-state index contributed by atoms with van der Waals surface area (Å²) in [4.78, 5) is 45.3. The average Bonchev–Trinajstić information content (AvgIpc) is 3.37. The zero-order valence-electron chi connectivity index (χ0n) is 21.1. The van der Waals surface area contributed by atoms with E-state index in [9.17, 15) is 14.4 Å². The number of fused-ring (bicyclic) bond motifs is 2. The largest absolute Gasteiger partial charge is 0.489 e. The van der Waals surface area contributed by atoms with Gasteiger partial charge in [0.25, 0.3) is 5.91 Å². The molecule has 4 heterocycles. The maximum atomic E-state index is 12.9. The monoisotopic (exact) mass is 498 g/mol. The van der Waals surface area contributed by atoms with Gasteiger partial charge >= 0.3 is 0 Å². The Morgan fingerprint density at radius 3 is 2.78 bits per heavy atom. The molecule has 3 aliphatic rings. The van der Waals surface area contributed by atoms with Crippen LogP contribution in [0, 0.1) is 6.92 Å². The van der Waals surface area contributed by atoms with Gasteiger partial charge in [0, 0.05) is 55.2 Å². The second-order valence-electron chi connectivity index (χ2n) is 10.5. The van der Waals surface area contributed by atoms with Gasteiger partial charge in [-0.2, -0.15) is 0 Å². The van der Waals surface area contributed by atoms with Crippen LogP contribution in [0.4, 0.5) is 0 Å². The van der Waals surface area contributed by atoms with Gasteiger partial charge in [0.15, 0.2) is 0 Å². The van der Waals surface area contributed by atoms with Crippen molar-refractivity contribution < 1.29 is 19.1 Å². The fourth-order valence-corrected chi connectivity index (χ4v) is 5.78. The normalized spacial score (nSPS) is 24.0. The molecule has 190 valence electrons. The molecule has 37 heavy (non-hydrogen) atoms. The van der Waals surface area contributed by atoms with Gasteiger partial charge in [0.05, 0.1) is 5.52 Å². The lowest BCUT2D eigenvalue weighted by molar-refractivity contribution is -0.136. The van der Waals surface area contributed by atoms with Crippen LogP contribution in [0.1, 0.15) is 53.4 Å². The zero-order chi connectivity index (χ0) is 25.7. The third-order valence-corrected chi connectivity index (χ3v) is 7.74. The van der Waals surface area contributed by atoms with Gasteiger partial charge in [-0.25, -0.2) is 0 Å². The summed E-state index contributed by atoms with van der Waals surface area (Å²) in [6.45, 7) is 6.26. The molecule has 0 saturated carbocycles. The van der Waals surface area contributed by atoms with Crippen molar-refractivity contribution in [2.45, 2.75) is 64.4 Å². The zero-order valence-corrected chi connectivity index (χ0v) is 21.1. The number of piperidine rings is 1. The van der Waals surface area contributed by atoms with E-state index in [1.807, 2.05) is 25.1 Å². The van der Waals surface area contributed by atoms with E-state index in [0.717, 1.165) is 47.4 Å². The van der Waals surface area contributed by atoms with Crippen molar-refractivity contribution in [2.24, 2.45) is 0 Å². The number of likely N-dealkylation sites (tertiary alicyclic amines) is 1. The predicted octanol–water partition coefficient (Wildman–Crippen LogP) is 3.35. The number of carbonyl (C=O) groups is 3. The standard InChI is InChI=1S/C29H30N4O4/c1-17-3-5-20-12-19(4-8-25(20)30-17)14-32-16-23(11-18(32)2)37-22-6-7-24-21(13-22)15-33(29(24)36)26-9-10-27(34)31-28(26)35/h3-8,12-13,18,23,26H,9-11,14-16H2,1-2H3,(H,31,34,35)/t18-,23+,26?/m1/s1. The Morgan fingerprint density at radius 2 is 1.95 bits per heavy atom. The number of hydrogen-bond donors (Lipinski definition) is 1. The fraction of sp³-hybridized carbons (Fsp3) is 0.379. The Morgan fingerprint density at radius 1 is 1.08 bits per heavy atom. The molecule has 3 atom stereocenters. The van der Waals surface area contributed by atoms with Crippen LogP contribution >= 0.6 is 0 Å². The Hall–Kier alpha value is -3.78. The third kappa shape index (κ3) is 4.57. The first kappa shape index (κ1) is 23.6. The number of benzene rings is 2. The number of amides is 3.